The lowest BCUT2D eigenvalue weighted by atomic mass is 10.0. The first-order chi connectivity index (χ1) is 9.06. The molecule has 3 N–H and O–H groups in total. The van der Waals surface area contributed by atoms with E-state index in [2.05, 4.69) is 16.2 Å². The van der Waals surface area contributed by atoms with Crippen LogP contribution < -0.4 is 16.2 Å². The molecule has 19 heavy (non-hydrogen) atoms. The average Bonchev–Trinajstić information content (AvgIpc) is 2.67. The molecule has 100 valence electrons. The maximum atomic E-state index is 12.9. The first-order valence-corrected chi connectivity index (χ1v) is 5.71. The van der Waals surface area contributed by atoms with Crippen LogP contribution in [0, 0.1) is 11.7 Å². The summed E-state index contributed by atoms with van der Waals surface area (Å²) in [6.45, 7) is 0. The van der Waals surface area contributed by atoms with Crippen molar-refractivity contribution in [3.8, 4) is 0 Å². The van der Waals surface area contributed by atoms with Crippen LogP contribution in [0.5, 0.6) is 0 Å². The van der Waals surface area contributed by atoms with Gasteiger partial charge in [0.1, 0.15) is 11.7 Å². The topological polar surface area (TPSA) is 87.3 Å². The Hall–Kier alpha value is -2.44. The second kappa shape index (κ2) is 5.47. The Bertz CT molecular complexity index is 517. The number of benzene rings is 1. The van der Waals surface area contributed by atoms with Gasteiger partial charge in [0.25, 0.3) is 11.8 Å². The number of anilines is 1. The van der Waals surface area contributed by atoms with Gasteiger partial charge in [-0.1, -0.05) is 6.07 Å². The minimum absolute atomic E-state index is 0.00200. The van der Waals surface area contributed by atoms with Crippen LogP contribution in [0.25, 0.3) is 0 Å². The summed E-state index contributed by atoms with van der Waals surface area (Å²) in [6, 6.07) is 5.48. The van der Waals surface area contributed by atoms with Crippen molar-refractivity contribution in [2.24, 2.45) is 5.92 Å². The highest BCUT2D eigenvalue weighted by atomic mass is 19.1. The molecule has 1 heterocycles. The van der Waals surface area contributed by atoms with Gasteiger partial charge in [-0.2, -0.15) is 0 Å². The van der Waals surface area contributed by atoms with Gasteiger partial charge < -0.3 is 5.32 Å². The molecule has 2 rings (SSSR count). The van der Waals surface area contributed by atoms with E-state index in [0.717, 1.165) is 0 Å². The third-order valence-electron chi connectivity index (χ3n) is 2.71. The van der Waals surface area contributed by atoms with E-state index < -0.39 is 23.5 Å². The van der Waals surface area contributed by atoms with Crippen LogP contribution in [-0.4, -0.2) is 17.7 Å². The fourth-order valence-corrected chi connectivity index (χ4v) is 1.74. The van der Waals surface area contributed by atoms with Gasteiger partial charge in [0, 0.05) is 12.1 Å². The molecule has 1 aromatic carbocycles. The third-order valence-corrected chi connectivity index (χ3v) is 2.71. The maximum absolute atomic E-state index is 12.9. The summed E-state index contributed by atoms with van der Waals surface area (Å²) in [5, 5.41) is 2.49. The fourth-order valence-electron chi connectivity index (χ4n) is 1.74. The van der Waals surface area contributed by atoms with Crippen LogP contribution in [0.2, 0.25) is 0 Å². The van der Waals surface area contributed by atoms with E-state index in [0.29, 0.717) is 5.69 Å². The molecule has 0 aromatic heterocycles. The van der Waals surface area contributed by atoms with E-state index in [9.17, 15) is 18.8 Å². The number of rotatable bonds is 4. The first kappa shape index (κ1) is 13.0. The first-order valence-electron chi connectivity index (χ1n) is 5.71. The van der Waals surface area contributed by atoms with E-state index in [4.69, 9.17) is 0 Å². The number of hydrogen-bond donors (Lipinski definition) is 3. The predicted molar refractivity (Wildman–Crippen MR) is 64.0 cm³/mol. The van der Waals surface area contributed by atoms with Gasteiger partial charge >= 0.3 is 0 Å². The van der Waals surface area contributed by atoms with Crippen molar-refractivity contribution < 1.29 is 18.8 Å². The van der Waals surface area contributed by atoms with E-state index >= 15 is 0 Å². The molecule has 1 aromatic rings. The summed E-state index contributed by atoms with van der Waals surface area (Å²) < 4.78 is 12.9. The summed E-state index contributed by atoms with van der Waals surface area (Å²) in [7, 11) is 0. The average molecular weight is 265 g/mol. The van der Waals surface area contributed by atoms with Crippen LogP contribution in [-0.2, 0) is 14.4 Å². The molecular weight excluding hydrogens is 253 g/mol. The van der Waals surface area contributed by atoms with Gasteiger partial charge in [-0.15, -0.1) is 0 Å². The van der Waals surface area contributed by atoms with Crippen LogP contribution >= 0.6 is 0 Å². The lowest BCUT2D eigenvalue weighted by molar-refractivity contribution is -0.128. The number of hydrazine groups is 1. The molecule has 3 amide bonds. The molecule has 1 aliphatic rings. The Morgan fingerprint density at radius 3 is 2.58 bits per heavy atom. The SMILES string of the molecule is O=C(CCC1C(=O)NNC1=O)Nc1cccc(F)c1. The third kappa shape index (κ3) is 3.27. The van der Waals surface area contributed by atoms with Crippen molar-refractivity contribution in [1.82, 2.24) is 10.9 Å². The molecule has 1 fully saturated rings. The highest BCUT2D eigenvalue weighted by Crippen LogP contribution is 2.13. The monoisotopic (exact) mass is 265 g/mol. The van der Waals surface area contributed by atoms with E-state index in [1.165, 1.54) is 18.2 Å². The number of carbonyl (C=O) groups excluding carboxylic acids is 3. The van der Waals surface area contributed by atoms with E-state index in [-0.39, 0.29) is 18.7 Å². The number of halogens is 1. The molecule has 6 nitrogen and oxygen atoms in total. The van der Waals surface area contributed by atoms with Gasteiger partial charge in [-0.05, 0) is 24.6 Å². The zero-order valence-electron chi connectivity index (χ0n) is 9.90. The highest BCUT2D eigenvalue weighted by Gasteiger charge is 2.32. The van der Waals surface area contributed by atoms with Crippen LogP contribution in [0.15, 0.2) is 24.3 Å². The van der Waals surface area contributed by atoms with Crippen molar-refractivity contribution in [1.29, 1.82) is 0 Å². The van der Waals surface area contributed by atoms with Crippen molar-refractivity contribution in [2.75, 3.05) is 5.32 Å². The fraction of sp³-hybridized carbons (Fsp3) is 0.250. The summed E-state index contributed by atoms with van der Waals surface area (Å²) in [4.78, 5) is 34.0. The van der Waals surface area contributed by atoms with Crippen molar-refractivity contribution in [3.63, 3.8) is 0 Å². The zero-order valence-corrected chi connectivity index (χ0v) is 9.90. The Balaban J connectivity index is 1.85. The highest BCUT2D eigenvalue weighted by molar-refractivity contribution is 6.05. The van der Waals surface area contributed by atoms with Crippen LogP contribution in [0.3, 0.4) is 0 Å². The molecule has 1 aliphatic heterocycles. The summed E-state index contributed by atoms with van der Waals surface area (Å²) in [5.41, 5.74) is 4.70. The van der Waals surface area contributed by atoms with E-state index in [1.807, 2.05) is 0 Å². The van der Waals surface area contributed by atoms with Gasteiger partial charge in [-0.3, -0.25) is 25.2 Å². The molecule has 0 spiro atoms. The quantitative estimate of drug-likeness (QED) is 0.685. The van der Waals surface area contributed by atoms with Crippen LogP contribution in [0.4, 0.5) is 10.1 Å². The second-order valence-electron chi connectivity index (χ2n) is 4.13. The molecule has 0 bridgehead atoms. The number of amides is 3. The maximum Gasteiger partial charge on any atom is 0.251 e. The van der Waals surface area contributed by atoms with Crippen LogP contribution in [0.1, 0.15) is 12.8 Å². The molecule has 0 aliphatic carbocycles. The Kier molecular flexibility index (Phi) is 3.74. The molecule has 0 unspecified atom stereocenters. The zero-order chi connectivity index (χ0) is 13.8. The van der Waals surface area contributed by atoms with Crippen molar-refractivity contribution >= 4 is 23.4 Å². The molecule has 0 radical (unpaired) electrons. The second-order valence-corrected chi connectivity index (χ2v) is 4.13. The smallest absolute Gasteiger partial charge is 0.251 e. The Morgan fingerprint density at radius 1 is 1.26 bits per heavy atom. The Labute approximate surface area is 108 Å². The lowest BCUT2D eigenvalue weighted by Crippen LogP contribution is -2.28. The minimum Gasteiger partial charge on any atom is -0.326 e. The van der Waals surface area contributed by atoms with Gasteiger partial charge in [0.2, 0.25) is 5.91 Å². The Morgan fingerprint density at radius 2 is 1.95 bits per heavy atom. The number of hydrogen-bond acceptors (Lipinski definition) is 3. The molecule has 0 saturated carbocycles. The molecular formula is C12H12FN3O3. The minimum atomic E-state index is -0.849. The predicted octanol–water partition coefficient (Wildman–Crippen LogP) is 0.322. The largest absolute Gasteiger partial charge is 0.326 e. The van der Waals surface area contributed by atoms with Gasteiger partial charge in [-0.25, -0.2) is 4.39 Å². The summed E-state index contributed by atoms with van der Waals surface area (Å²) >= 11 is 0. The molecule has 7 heteroatoms. The van der Waals surface area contributed by atoms with Crippen molar-refractivity contribution in [2.45, 2.75) is 12.8 Å². The normalized spacial score (nSPS) is 15.0. The standard InChI is InChI=1S/C12H12FN3O3/c13-7-2-1-3-8(6-7)14-10(17)5-4-9-11(18)15-16-12(9)19/h1-3,6,9H,4-5H2,(H,14,17)(H,15,18)(H,16,19). The van der Waals surface area contributed by atoms with Gasteiger partial charge in [0.05, 0.1) is 0 Å². The van der Waals surface area contributed by atoms with E-state index in [1.54, 1.807) is 6.07 Å². The van der Waals surface area contributed by atoms with Crippen molar-refractivity contribution in [3.05, 3.63) is 30.1 Å². The van der Waals surface area contributed by atoms with Gasteiger partial charge in [0.15, 0.2) is 0 Å². The number of nitrogens with one attached hydrogen (secondary N) is 3. The summed E-state index contributed by atoms with van der Waals surface area (Å²) in [5.74, 6) is -2.56. The molecule has 1 saturated heterocycles. The number of carbonyl (C=O) groups is 3. The lowest BCUT2D eigenvalue weighted by Gasteiger charge is -2.06. The molecule has 0 atom stereocenters. The summed E-state index contributed by atoms with van der Waals surface area (Å²) in [6.07, 6.45) is 0.112.